The van der Waals surface area contributed by atoms with Gasteiger partial charge in [0.1, 0.15) is 17.2 Å². The normalized spacial score (nSPS) is 17.4. The van der Waals surface area contributed by atoms with E-state index in [0.29, 0.717) is 19.7 Å². The first kappa shape index (κ1) is 16.1. The van der Waals surface area contributed by atoms with Crippen LogP contribution < -0.4 is 0 Å². The van der Waals surface area contributed by atoms with Gasteiger partial charge in [-0.25, -0.2) is 8.78 Å². The van der Waals surface area contributed by atoms with Crippen molar-refractivity contribution in [3.63, 3.8) is 0 Å². The summed E-state index contributed by atoms with van der Waals surface area (Å²) in [6, 6.07) is 7.25. The van der Waals surface area contributed by atoms with Crippen LogP contribution in [0.2, 0.25) is 0 Å². The molecule has 122 valence electrons. The number of benzene rings is 1. The highest BCUT2D eigenvalue weighted by atomic mass is 32.1. The summed E-state index contributed by atoms with van der Waals surface area (Å²) in [5.74, 6) is -2.30. The van der Waals surface area contributed by atoms with Gasteiger partial charge in [-0.3, -0.25) is 4.79 Å². The van der Waals surface area contributed by atoms with Gasteiger partial charge in [-0.1, -0.05) is 12.1 Å². The van der Waals surface area contributed by atoms with E-state index in [2.05, 4.69) is 0 Å². The quantitative estimate of drug-likeness (QED) is 0.829. The summed E-state index contributed by atoms with van der Waals surface area (Å²) in [7, 11) is 0. The van der Waals surface area contributed by atoms with Gasteiger partial charge in [0.2, 0.25) is 0 Å². The van der Waals surface area contributed by atoms with Crippen LogP contribution >= 0.6 is 11.3 Å². The molecule has 0 bridgehead atoms. The molecular weight excluding hydrogens is 320 g/mol. The SMILES string of the molecule is O=C(c1c(F)cccc1F)N(Cc1cccs1)CC1CCCO1. The van der Waals surface area contributed by atoms with Crippen molar-refractivity contribution in [1.29, 1.82) is 0 Å². The minimum atomic E-state index is -0.835. The Morgan fingerprint density at radius 3 is 2.65 bits per heavy atom. The molecule has 1 unspecified atom stereocenters. The number of hydrogen-bond donors (Lipinski definition) is 0. The van der Waals surface area contributed by atoms with Crippen molar-refractivity contribution in [2.45, 2.75) is 25.5 Å². The van der Waals surface area contributed by atoms with Crippen LogP contribution in [0.5, 0.6) is 0 Å². The first-order valence-electron chi connectivity index (χ1n) is 7.52. The first-order chi connectivity index (χ1) is 11.1. The topological polar surface area (TPSA) is 29.5 Å². The Balaban J connectivity index is 1.85. The molecule has 1 amide bonds. The lowest BCUT2D eigenvalue weighted by molar-refractivity contribution is 0.0502. The lowest BCUT2D eigenvalue weighted by Gasteiger charge is -2.25. The average molecular weight is 337 g/mol. The number of ether oxygens (including phenoxy) is 1. The van der Waals surface area contributed by atoms with Crippen molar-refractivity contribution in [1.82, 2.24) is 4.90 Å². The predicted molar refractivity (Wildman–Crippen MR) is 84.4 cm³/mol. The number of amides is 1. The highest BCUT2D eigenvalue weighted by molar-refractivity contribution is 7.09. The average Bonchev–Trinajstić information content (AvgIpc) is 3.20. The van der Waals surface area contributed by atoms with E-state index in [1.165, 1.54) is 22.3 Å². The van der Waals surface area contributed by atoms with Crippen LogP contribution in [0.1, 0.15) is 28.1 Å². The highest BCUT2D eigenvalue weighted by Crippen LogP contribution is 2.21. The van der Waals surface area contributed by atoms with Gasteiger partial charge in [-0.05, 0) is 36.4 Å². The molecule has 1 atom stereocenters. The second-order valence-corrected chi connectivity index (χ2v) is 6.53. The molecule has 1 aromatic heterocycles. The third-order valence-electron chi connectivity index (χ3n) is 3.84. The summed E-state index contributed by atoms with van der Waals surface area (Å²) in [5.41, 5.74) is -0.498. The molecule has 0 N–H and O–H groups in total. The van der Waals surface area contributed by atoms with Crippen LogP contribution in [0.4, 0.5) is 8.78 Å². The molecule has 6 heteroatoms. The molecule has 0 radical (unpaired) electrons. The molecule has 3 rings (SSSR count). The number of thiophene rings is 1. The number of carbonyl (C=O) groups excluding carboxylic acids is 1. The Hall–Kier alpha value is -1.79. The van der Waals surface area contributed by atoms with Gasteiger partial charge < -0.3 is 9.64 Å². The maximum atomic E-state index is 13.9. The summed E-state index contributed by atoms with van der Waals surface area (Å²) >= 11 is 1.51. The van der Waals surface area contributed by atoms with Crippen molar-refractivity contribution in [3.8, 4) is 0 Å². The Morgan fingerprint density at radius 2 is 2.04 bits per heavy atom. The fraction of sp³-hybridized carbons (Fsp3) is 0.353. The minimum Gasteiger partial charge on any atom is -0.376 e. The third kappa shape index (κ3) is 3.76. The molecule has 3 nitrogen and oxygen atoms in total. The Kier molecular flexibility index (Phi) is 5.03. The smallest absolute Gasteiger partial charge is 0.260 e. The summed E-state index contributed by atoms with van der Waals surface area (Å²) in [4.78, 5) is 15.1. The number of carbonyl (C=O) groups is 1. The van der Waals surface area contributed by atoms with E-state index in [1.54, 1.807) is 0 Å². The molecule has 1 aliphatic rings. The van der Waals surface area contributed by atoms with Crippen LogP contribution in [-0.4, -0.2) is 30.1 Å². The molecular formula is C17H17F2NO2S. The number of halogens is 2. The molecule has 23 heavy (non-hydrogen) atoms. The van der Waals surface area contributed by atoms with Crippen molar-refractivity contribution in [3.05, 3.63) is 57.8 Å². The minimum absolute atomic E-state index is 0.0752. The van der Waals surface area contributed by atoms with Crippen molar-refractivity contribution in [2.24, 2.45) is 0 Å². The number of rotatable bonds is 5. The second-order valence-electron chi connectivity index (χ2n) is 5.50. The summed E-state index contributed by atoms with van der Waals surface area (Å²) in [6.45, 7) is 1.33. The molecule has 1 saturated heterocycles. The molecule has 2 aromatic rings. The van der Waals surface area contributed by atoms with Gasteiger partial charge in [-0.15, -0.1) is 11.3 Å². The molecule has 1 aromatic carbocycles. The number of hydrogen-bond acceptors (Lipinski definition) is 3. The van der Waals surface area contributed by atoms with E-state index in [9.17, 15) is 13.6 Å². The maximum Gasteiger partial charge on any atom is 0.260 e. The van der Waals surface area contributed by atoms with E-state index in [1.807, 2.05) is 17.5 Å². The maximum absolute atomic E-state index is 13.9. The Morgan fingerprint density at radius 1 is 1.26 bits per heavy atom. The standard InChI is InChI=1S/C17H17F2NO2S/c18-14-6-1-7-15(19)16(14)17(21)20(10-12-4-2-8-22-12)11-13-5-3-9-23-13/h1,3,5-7,9,12H,2,4,8,10-11H2. The highest BCUT2D eigenvalue weighted by Gasteiger charge is 2.27. The van der Waals surface area contributed by atoms with Gasteiger partial charge >= 0.3 is 0 Å². The first-order valence-corrected chi connectivity index (χ1v) is 8.40. The fourth-order valence-electron chi connectivity index (χ4n) is 2.70. The fourth-order valence-corrected chi connectivity index (χ4v) is 3.42. The summed E-state index contributed by atoms with van der Waals surface area (Å²) in [6.07, 6.45) is 1.72. The Labute approximate surface area is 137 Å². The lowest BCUT2D eigenvalue weighted by Crippen LogP contribution is -2.37. The molecule has 2 heterocycles. The van der Waals surface area contributed by atoms with E-state index >= 15 is 0 Å². The predicted octanol–water partition coefficient (Wildman–Crippen LogP) is 3.85. The zero-order valence-corrected chi connectivity index (χ0v) is 13.3. The third-order valence-corrected chi connectivity index (χ3v) is 4.70. The summed E-state index contributed by atoms with van der Waals surface area (Å²) < 4.78 is 33.4. The monoisotopic (exact) mass is 337 g/mol. The Bertz CT molecular complexity index is 649. The van der Waals surface area contributed by atoms with E-state index < -0.39 is 23.1 Å². The van der Waals surface area contributed by atoms with Crippen LogP contribution in [-0.2, 0) is 11.3 Å². The van der Waals surface area contributed by atoms with Crippen molar-refractivity contribution < 1.29 is 18.3 Å². The lowest BCUT2D eigenvalue weighted by atomic mass is 10.1. The van der Waals surface area contributed by atoms with Gasteiger partial charge in [0, 0.05) is 18.0 Å². The zero-order chi connectivity index (χ0) is 16.2. The van der Waals surface area contributed by atoms with Gasteiger partial charge in [0.15, 0.2) is 0 Å². The van der Waals surface area contributed by atoms with E-state index in [-0.39, 0.29) is 6.10 Å². The molecule has 0 aliphatic carbocycles. The molecule has 0 spiro atoms. The van der Waals surface area contributed by atoms with Crippen LogP contribution in [0.15, 0.2) is 35.7 Å². The van der Waals surface area contributed by atoms with Crippen LogP contribution in [0, 0.1) is 11.6 Å². The van der Waals surface area contributed by atoms with Gasteiger partial charge in [0.05, 0.1) is 12.6 Å². The number of nitrogens with zero attached hydrogens (tertiary/aromatic N) is 1. The molecule has 1 fully saturated rings. The van der Waals surface area contributed by atoms with Crippen molar-refractivity contribution >= 4 is 17.2 Å². The molecule has 0 saturated carbocycles. The summed E-state index contributed by atoms with van der Waals surface area (Å²) in [5, 5.41) is 1.91. The van der Waals surface area contributed by atoms with Crippen molar-refractivity contribution in [2.75, 3.05) is 13.2 Å². The van der Waals surface area contributed by atoms with Gasteiger partial charge in [-0.2, -0.15) is 0 Å². The largest absolute Gasteiger partial charge is 0.376 e. The second kappa shape index (κ2) is 7.19. The molecule has 1 aliphatic heterocycles. The zero-order valence-electron chi connectivity index (χ0n) is 12.5. The van der Waals surface area contributed by atoms with Gasteiger partial charge in [0.25, 0.3) is 5.91 Å². The van der Waals surface area contributed by atoms with Crippen LogP contribution in [0.3, 0.4) is 0 Å². The van der Waals surface area contributed by atoms with E-state index in [4.69, 9.17) is 4.74 Å². The van der Waals surface area contributed by atoms with E-state index in [0.717, 1.165) is 29.9 Å². The van der Waals surface area contributed by atoms with Crippen LogP contribution in [0.25, 0.3) is 0 Å².